The van der Waals surface area contributed by atoms with Gasteiger partial charge in [-0.1, -0.05) is 20.8 Å². The molecule has 3 N–H and O–H groups in total. The molecule has 0 aliphatic heterocycles. The molecule has 0 bridgehead atoms. The molecule has 0 rings (SSSR count). The summed E-state index contributed by atoms with van der Waals surface area (Å²) in [5.74, 6) is -0.499. The summed E-state index contributed by atoms with van der Waals surface area (Å²) in [6.45, 7) is 10.8. The highest BCUT2D eigenvalue weighted by molar-refractivity contribution is 5.85. The highest BCUT2D eigenvalue weighted by Gasteiger charge is 2.26. The highest BCUT2D eigenvalue weighted by atomic mass is 16.4. The summed E-state index contributed by atoms with van der Waals surface area (Å²) in [7, 11) is 0. The van der Waals surface area contributed by atoms with Gasteiger partial charge in [-0.25, -0.2) is 0 Å². The Morgan fingerprint density at radius 1 is 1.26 bits per heavy atom. The van der Waals surface area contributed by atoms with Gasteiger partial charge in [0.05, 0.1) is 5.54 Å². The molecule has 0 fully saturated rings. The zero-order valence-electron chi connectivity index (χ0n) is 12.7. The minimum absolute atomic E-state index is 0.0149. The molecule has 0 aliphatic rings. The van der Waals surface area contributed by atoms with Crippen molar-refractivity contribution in [3.8, 4) is 0 Å². The lowest BCUT2D eigenvalue weighted by Gasteiger charge is -2.26. The highest BCUT2D eigenvalue weighted by Crippen LogP contribution is 2.15. The summed E-state index contributed by atoms with van der Waals surface area (Å²) in [5.41, 5.74) is -0.625. The quantitative estimate of drug-likeness (QED) is 0.596. The van der Waals surface area contributed by atoms with Gasteiger partial charge in [0, 0.05) is 13.0 Å². The fourth-order valence-electron chi connectivity index (χ4n) is 2.13. The number of amides is 1. The van der Waals surface area contributed by atoms with Gasteiger partial charge in [-0.2, -0.15) is 0 Å². The first-order valence-electron chi connectivity index (χ1n) is 6.94. The van der Waals surface area contributed by atoms with Crippen LogP contribution in [-0.4, -0.2) is 35.6 Å². The summed E-state index contributed by atoms with van der Waals surface area (Å²) in [6.07, 6.45) is 0.897. The van der Waals surface area contributed by atoms with Crippen molar-refractivity contribution in [1.29, 1.82) is 0 Å². The van der Waals surface area contributed by atoms with Crippen molar-refractivity contribution in [2.75, 3.05) is 13.1 Å². The van der Waals surface area contributed by atoms with Crippen LogP contribution in [0.3, 0.4) is 0 Å². The van der Waals surface area contributed by atoms with Gasteiger partial charge in [-0.15, -0.1) is 0 Å². The second-order valence-corrected chi connectivity index (χ2v) is 5.96. The van der Waals surface area contributed by atoms with E-state index in [2.05, 4.69) is 24.5 Å². The Balaban J connectivity index is 4.37. The minimum Gasteiger partial charge on any atom is -0.481 e. The van der Waals surface area contributed by atoms with Crippen LogP contribution in [0.2, 0.25) is 0 Å². The average Bonchev–Trinajstić information content (AvgIpc) is 2.23. The zero-order valence-corrected chi connectivity index (χ0v) is 12.7. The Morgan fingerprint density at radius 3 is 2.26 bits per heavy atom. The molecule has 112 valence electrons. The third-order valence-corrected chi connectivity index (χ3v) is 3.01. The lowest BCUT2D eigenvalue weighted by Crippen LogP contribution is -2.53. The summed E-state index contributed by atoms with van der Waals surface area (Å²) in [4.78, 5) is 22.8. The van der Waals surface area contributed by atoms with E-state index in [-0.39, 0.29) is 18.2 Å². The Morgan fingerprint density at radius 2 is 1.84 bits per heavy atom. The lowest BCUT2D eigenvalue weighted by atomic mass is 9.93. The SMILES string of the molecule is CCNC(C)(C)C(=O)NC[C@H](CC(=O)O)CC(C)C. The van der Waals surface area contributed by atoms with E-state index in [1.165, 1.54) is 0 Å². The van der Waals surface area contributed by atoms with Crippen LogP contribution < -0.4 is 10.6 Å². The average molecular weight is 272 g/mol. The fourth-order valence-corrected chi connectivity index (χ4v) is 2.13. The smallest absolute Gasteiger partial charge is 0.303 e. The zero-order chi connectivity index (χ0) is 15.1. The largest absolute Gasteiger partial charge is 0.481 e. The number of carboxylic acids is 1. The number of rotatable bonds is 9. The van der Waals surface area contributed by atoms with E-state index in [1.54, 1.807) is 0 Å². The monoisotopic (exact) mass is 272 g/mol. The first-order chi connectivity index (χ1) is 8.69. The number of hydrogen-bond donors (Lipinski definition) is 3. The van der Waals surface area contributed by atoms with E-state index in [9.17, 15) is 9.59 Å². The Hall–Kier alpha value is -1.10. The third kappa shape index (κ3) is 7.82. The first-order valence-corrected chi connectivity index (χ1v) is 6.94. The molecule has 1 amide bonds. The van der Waals surface area contributed by atoms with Crippen molar-refractivity contribution < 1.29 is 14.7 Å². The maximum atomic E-state index is 12.0. The maximum absolute atomic E-state index is 12.0. The number of hydrogen-bond acceptors (Lipinski definition) is 3. The molecular weight excluding hydrogens is 244 g/mol. The molecular formula is C14H28N2O3. The van der Waals surface area contributed by atoms with Crippen molar-refractivity contribution in [2.45, 2.75) is 53.0 Å². The molecule has 0 aliphatic carbocycles. The molecule has 1 atom stereocenters. The third-order valence-electron chi connectivity index (χ3n) is 3.01. The molecule has 0 aromatic carbocycles. The molecule has 5 nitrogen and oxygen atoms in total. The second kappa shape index (κ2) is 8.15. The number of likely N-dealkylation sites (N-methyl/N-ethyl adjacent to an activating group) is 1. The molecule has 0 spiro atoms. The predicted molar refractivity (Wildman–Crippen MR) is 76.0 cm³/mol. The summed E-state index contributed by atoms with van der Waals surface area (Å²) >= 11 is 0. The molecule has 0 radical (unpaired) electrons. The van der Waals surface area contributed by atoms with Gasteiger partial charge in [0.15, 0.2) is 0 Å². The molecule has 0 heterocycles. The molecule has 0 aromatic heterocycles. The van der Waals surface area contributed by atoms with E-state index >= 15 is 0 Å². The van der Waals surface area contributed by atoms with E-state index < -0.39 is 11.5 Å². The topological polar surface area (TPSA) is 78.4 Å². The number of carboxylic acid groups (broad SMARTS) is 1. The molecule has 5 heteroatoms. The second-order valence-electron chi connectivity index (χ2n) is 5.96. The van der Waals surface area contributed by atoms with E-state index in [0.29, 0.717) is 19.0 Å². The van der Waals surface area contributed by atoms with Crippen molar-refractivity contribution in [2.24, 2.45) is 11.8 Å². The van der Waals surface area contributed by atoms with E-state index in [1.807, 2.05) is 20.8 Å². The van der Waals surface area contributed by atoms with Gasteiger partial charge in [-0.05, 0) is 38.6 Å². The summed E-state index contributed by atoms with van der Waals surface area (Å²) in [6, 6.07) is 0. The van der Waals surface area contributed by atoms with Crippen LogP contribution in [0, 0.1) is 11.8 Å². The summed E-state index contributed by atoms with van der Waals surface area (Å²) < 4.78 is 0. The molecule has 0 saturated heterocycles. The van der Waals surface area contributed by atoms with Gasteiger partial charge in [0.25, 0.3) is 0 Å². The van der Waals surface area contributed by atoms with Crippen molar-refractivity contribution in [3.63, 3.8) is 0 Å². The number of carbonyl (C=O) groups is 2. The van der Waals surface area contributed by atoms with E-state index in [4.69, 9.17) is 5.11 Å². The van der Waals surface area contributed by atoms with Gasteiger partial charge in [-0.3, -0.25) is 9.59 Å². The van der Waals surface area contributed by atoms with Crippen LogP contribution in [0.5, 0.6) is 0 Å². The Kier molecular flexibility index (Phi) is 7.68. The maximum Gasteiger partial charge on any atom is 0.303 e. The van der Waals surface area contributed by atoms with Crippen LogP contribution in [0.25, 0.3) is 0 Å². The standard InChI is InChI=1S/C14H28N2O3/c1-6-16-14(4,5)13(19)15-9-11(7-10(2)3)8-12(17)18/h10-11,16H,6-9H2,1-5H3,(H,15,19)(H,17,18)/t11-/m0/s1. The van der Waals surface area contributed by atoms with Gasteiger partial charge < -0.3 is 15.7 Å². The normalized spacial score (nSPS) is 13.4. The molecule has 0 aromatic rings. The Bertz CT molecular complexity index is 301. The molecule has 19 heavy (non-hydrogen) atoms. The van der Waals surface area contributed by atoms with Gasteiger partial charge in [0.2, 0.25) is 5.91 Å². The van der Waals surface area contributed by atoms with Crippen molar-refractivity contribution in [1.82, 2.24) is 10.6 Å². The van der Waals surface area contributed by atoms with Crippen LogP contribution in [-0.2, 0) is 9.59 Å². The van der Waals surface area contributed by atoms with Crippen LogP contribution in [0.15, 0.2) is 0 Å². The van der Waals surface area contributed by atoms with Crippen molar-refractivity contribution in [3.05, 3.63) is 0 Å². The minimum atomic E-state index is -0.814. The number of nitrogens with one attached hydrogen (secondary N) is 2. The van der Waals surface area contributed by atoms with Crippen LogP contribution in [0.1, 0.15) is 47.5 Å². The van der Waals surface area contributed by atoms with Crippen LogP contribution in [0.4, 0.5) is 0 Å². The van der Waals surface area contributed by atoms with Gasteiger partial charge in [0.1, 0.15) is 0 Å². The lowest BCUT2D eigenvalue weighted by molar-refractivity contribution is -0.138. The Labute approximate surface area is 116 Å². The van der Waals surface area contributed by atoms with E-state index in [0.717, 1.165) is 6.42 Å². The first kappa shape index (κ1) is 17.9. The van der Waals surface area contributed by atoms with Crippen molar-refractivity contribution >= 4 is 11.9 Å². The fraction of sp³-hybridized carbons (Fsp3) is 0.857. The van der Waals surface area contributed by atoms with Gasteiger partial charge >= 0.3 is 5.97 Å². The van der Waals surface area contributed by atoms with Crippen LogP contribution >= 0.6 is 0 Å². The molecule has 0 saturated carbocycles. The number of carbonyl (C=O) groups excluding carboxylic acids is 1. The number of aliphatic carboxylic acids is 1. The molecule has 0 unspecified atom stereocenters. The predicted octanol–water partition coefficient (Wildman–Crippen LogP) is 1.63. The summed E-state index contributed by atoms with van der Waals surface area (Å²) in [5, 5.41) is 14.8.